The summed E-state index contributed by atoms with van der Waals surface area (Å²) in [6.45, 7) is 1.93. The highest BCUT2D eigenvalue weighted by Crippen LogP contribution is 2.27. The van der Waals surface area contributed by atoms with Crippen LogP contribution in [0.1, 0.15) is 15.4 Å². The first-order valence-electron chi connectivity index (χ1n) is 10.7. The van der Waals surface area contributed by atoms with Crippen molar-refractivity contribution >= 4 is 40.5 Å². The van der Waals surface area contributed by atoms with E-state index in [0.29, 0.717) is 16.4 Å². The molecule has 3 aromatic rings. The third kappa shape index (κ3) is 5.36. The summed E-state index contributed by atoms with van der Waals surface area (Å²) in [4.78, 5) is 38.7. The molecule has 0 unspecified atom stereocenters. The second-order valence-corrected chi connectivity index (χ2v) is 8.71. The number of hydrogen-bond acceptors (Lipinski definition) is 9. The van der Waals surface area contributed by atoms with Crippen molar-refractivity contribution in [2.45, 2.75) is 6.92 Å². The number of ether oxygens (including phenoxy) is 1. The van der Waals surface area contributed by atoms with E-state index in [1.54, 1.807) is 24.3 Å². The van der Waals surface area contributed by atoms with Gasteiger partial charge in [0, 0.05) is 23.5 Å². The lowest BCUT2D eigenvalue weighted by molar-refractivity contribution is -0.136. The Balaban J connectivity index is 1.47. The lowest BCUT2D eigenvalue weighted by atomic mass is 10.2. The number of anilines is 2. The van der Waals surface area contributed by atoms with Crippen LogP contribution in [-0.4, -0.2) is 64.8 Å². The summed E-state index contributed by atoms with van der Waals surface area (Å²) in [5.41, 5.74) is 3.40. The molecule has 0 saturated carbocycles. The van der Waals surface area contributed by atoms with Gasteiger partial charge < -0.3 is 25.4 Å². The van der Waals surface area contributed by atoms with Crippen molar-refractivity contribution < 1.29 is 24.2 Å². The van der Waals surface area contributed by atoms with Crippen LogP contribution >= 0.6 is 11.3 Å². The van der Waals surface area contributed by atoms with Gasteiger partial charge in [0.05, 0.1) is 25.8 Å². The van der Waals surface area contributed by atoms with Gasteiger partial charge in [0.2, 0.25) is 5.01 Å². The number of aliphatic hydroxyl groups is 1. The second kappa shape index (κ2) is 10.5. The molecule has 1 aromatic heterocycles. The maximum Gasteiger partial charge on any atom is 0.337 e. The van der Waals surface area contributed by atoms with E-state index in [1.165, 1.54) is 12.0 Å². The van der Waals surface area contributed by atoms with Crippen LogP contribution in [0.25, 0.3) is 10.6 Å². The first-order chi connectivity index (χ1) is 16.9. The summed E-state index contributed by atoms with van der Waals surface area (Å²) in [5.74, 6) is -1.34. The second-order valence-electron chi connectivity index (χ2n) is 7.73. The number of methoxy groups -OCH3 is 1. The molecule has 11 heteroatoms. The number of benzene rings is 2. The normalized spacial score (nSPS) is 13.2. The average molecular weight is 494 g/mol. The Morgan fingerprint density at radius 1 is 1.09 bits per heavy atom. The summed E-state index contributed by atoms with van der Waals surface area (Å²) in [7, 11) is 1.25. The number of rotatable bonds is 8. The van der Waals surface area contributed by atoms with Gasteiger partial charge in [-0.15, -0.1) is 10.2 Å². The molecule has 0 atom stereocenters. The van der Waals surface area contributed by atoms with E-state index in [1.807, 2.05) is 31.2 Å². The maximum atomic E-state index is 12.7. The van der Waals surface area contributed by atoms with E-state index < -0.39 is 11.9 Å². The minimum atomic E-state index is -0.608. The van der Waals surface area contributed by atoms with Gasteiger partial charge in [0.1, 0.15) is 10.7 Å². The van der Waals surface area contributed by atoms with Crippen LogP contribution in [0.5, 0.6) is 0 Å². The molecule has 0 saturated heterocycles. The number of aryl methyl sites for hydroxylation is 1. The lowest BCUT2D eigenvalue weighted by Crippen LogP contribution is -2.31. The van der Waals surface area contributed by atoms with Crippen molar-refractivity contribution in [1.82, 2.24) is 15.1 Å². The van der Waals surface area contributed by atoms with Gasteiger partial charge >= 0.3 is 5.97 Å². The molecular formula is C24H23N5O5S. The highest BCUT2D eigenvalue weighted by atomic mass is 32.1. The van der Waals surface area contributed by atoms with Gasteiger partial charge in [-0.3, -0.25) is 9.59 Å². The zero-order valence-electron chi connectivity index (χ0n) is 19.1. The molecule has 2 heterocycles. The molecule has 180 valence electrons. The van der Waals surface area contributed by atoms with Crippen molar-refractivity contribution in [3.05, 3.63) is 70.4 Å². The third-order valence-corrected chi connectivity index (χ3v) is 6.25. The number of nitrogens with one attached hydrogen (secondary N) is 2. The zero-order chi connectivity index (χ0) is 24.9. The fraction of sp³-hybridized carbons (Fsp3) is 0.208. The number of aromatic nitrogens is 2. The maximum absolute atomic E-state index is 12.7. The summed E-state index contributed by atoms with van der Waals surface area (Å²) >= 11 is 1.16. The van der Waals surface area contributed by atoms with Gasteiger partial charge in [-0.25, -0.2) is 4.79 Å². The molecule has 0 fully saturated rings. The van der Waals surface area contributed by atoms with Crippen molar-refractivity contribution in [2.75, 3.05) is 37.4 Å². The van der Waals surface area contributed by atoms with Gasteiger partial charge in [-0.1, -0.05) is 29.0 Å². The number of aliphatic hydroxyl groups excluding tert-OH is 1. The smallest absolute Gasteiger partial charge is 0.337 e. The summed E-state index contributed by atoms with van der Waals surface area (Å²) in [6.07, 6.45) is 0. The van der Waals surface area contributed by atoms with E-state index >= 15 is 0 Å². The number of β-amino-alcohol motifs (C(OH)–C–C–N with tert-alkyl or cyclic N) is 1. The molecular weight excluding hydrogens is 470 g/mol. The number of amides is 2. The molecule has 10 nitrogen and oxygen atoms in total. The van der Waals surface area contributed by atoms with Crippen LogP contribution < -0.4 is 10.6 Å². The third-order valence-electron chi connectivity index (χ3n) is 5.28. The van der Waals surface area contributed by atoms with Crippen molar-refractivity contribution in [3.63, 3.8) is 0 Å². The number of carbonyl (C=O) groups is 3. The molecule has 4 rings (SSSR count). The number of hydrogen-bond donors (Lipinski definition) is 3. The van der Waals surface area contributed by atoms with E-state index in [0.717, 1.165) is 22.5 Å². The quantitative estimate of drug-likeness (QED) is 0.408. The number of esters is 1. The Morgan fingerprint density at radius 3 is 2.43 bits per heavy atom. The van der Waals surface area contributed by atoms with Crippen LogP contribution in [0.4, 0.5) is 11.4 Å². The molecule has 0 spiro atoms. The number of carbonyl (C=O) groups excluding carboxylic acids is 3. The van der Waals surface area contributed by atoms with Crippen molar-refractivity contribution in [2.24, 2.45) is 0 Å². The first-order valence-corrected chi connectivity index (χ1v) is 11.5. The van der Waals surface area contributed by atoms with Gasteiger partial charge in [-0.2, -0.15) is 0 Å². The van der Waals surface area contributed by atoms with Crippen LogP contribution in [0.2, 0.25) is 0 Å². The van der Waals surface area contributed by atoms with Crippen LogP contribution in [0, 0.1) is 6.92 Å². The Morgan fingerprint density at radius 2 is 1.77 bits per heavy atom. The first kappa shape index (κ1) is 24.0. The predicted octanol–water partition coefficient (Wildman–Crippen LogP) is 2.44. The zero-order valence-corrected chi connectivity index (χ0v) is 19.9. The molecule has 1 aliphatic heterocycles. The molecule has 35 heavy (non-hydrogen) atoms. The fourth-order valence-corrected chi connectivity index (χ4v) is 4.19. The lowest BCUT2D eigenvalue weighted by Gasteiger charge is -2.15. The number of nitrogens with zero attached hydrogens (tertiary/aromatic N) is 3. The van der Waals surface area contributed by atoms with E-state index in [4.69, 9.17) is 4.74 Å². The van der Waals surface area contributed by atoms with E-state index in [2.05, 4.69) is 20.8 Å². The van der Waals surface area contributed by atoms with Crippen molar-refractivity contribution in [1.29, 1.82) is 0 Å². The predicted molar refractivity (Wildman–Crippen MR) is 131 cm³/mol. The molecule has 2 amide bonds. The summed E-state index contributed by atoms with van der Waals surface area (Å²) in [5, 5.41) is 23.9. The van der Waals surface area contributed by atoms with Crippen LogP contribution in [0.15, 0.2) is 59.8 Å². The van der Waals surface area contributed by atoms with E-state index in [9.17, 15) is 19.5 Å². The summed E-state index contributed by atoms with van der Waals surface area (Å²) in [6, 6.07) is 14.5. The minimum absolute atomic E-state index is 0.0602. The van der Waals surface area contributed by atoms with Crippen molar-refractivity contribution in [3.8, 4) is 10.6 Å². The molecule has 3 N–H and O–H groups in total. The van der Waals surface area contributed by atoms with Crippen LogP contribution in [0.3, 0.4) is 0 Å². The topological polar surface area (TPSA) is 134 Å². The molecule has 0 radical (unpaired) electrons. The Labute approximate surface area is 205 Å². The Hall–Kier alpha value is -4.09. The summed E-state index contributed by atoms with van der Waals surface area (Å²) < 4.78 is 4.79. The molecule has 0 bridgehead atoms. The Kier molecular flexibility index (Phi) is 7.18. The SMILES string of the molecule is COC(=O)C1=C(Nc2ccc(-c3nnc(C(=O)Nc4ccc(C)cc4)s3)cc2)C(=O)N(CCO)C1. The largest absolute Gasteiger partial charge is 0.466 e. The van der Waals surface area contributed by atoms with Gasteiger partial charge in [0.25, 0.3) is 11.8 Å². The van der Waals surface area contributed by atoms with Gasteiger partial charge in [-0.05, 0) is 43.3 Å². The molecule has 0 aliphatic carbocycles. The van der Waals surface area contributed by atoms with E-state index in [-0.39, 0.29) is 41.9 Å². The molecule has 2 aromatic carbocycles. The Bertz CT molecular complexity index is 1280. The van der Waals surface area contributed by atoms with Gasteiger partial charge in [0.15, 0.2) is 0 Å². The van der Waals surface area contributed by atoms with Crippen LogP contribution in [-0.2, 0) is 14.3 Å². The average Bonchev–Trinajstić information content (AvgIpc) is 3.47. The standard InChI is InChI=1S/C24H23N5O5S/c1-14-3-7-17(8-4-14)26-20(31)22-28-27-21(35-22)15-5-9-16(10-6-15)25-19-18(24(33)34-2)13-29(11-12-30)23(19)32/h3-10,25,30H,11-13H2,1-2H3,(H,26,31). The highest BCUT2D eigenvalue weighted by Gasteiger charge is 2.34. The fourth-order valence-electron chi connectivity index (χ4n) is 3.44. The highest BCUT2D eigenvalue weighted by molar-refractivity contribution is 7.16. The molecule has 1 aliphatic rings. The monoisotopic (exact) mass is 493 g/mol. The minimum Gasteiger partial charge on any atom is -0.466 e.